The molecule has 4 nitrogen and oxygen atoms in total. The lowest BCUT2D eigenvalue weighted by atomic mass is 10.1. The van der Waals surface area contributed by atoms with Gasteiger partial charge in [0.15, 0.2) is 5.82 Å². The third-order valence-corrected chi connectivity index (χ3v) is 3.29. The van der Waals surface area contributed by atoms with E-state index in [0.717, 1.165) is 16.7 Å². The molecular weight excluding hydrogens is 294 g/mol. The first-order valence-electron chi connectivity index (χ1n) is 5.90. The van der Waals surface area contributed by atoms with Crippen molar-refractivity contribution in [3.63, 3.8) is 0 Å². The van der Waals surface area contributed by atoms with Gasteiger partial charge in [-0.2, -0.15) is 4.98 Å². The van der Waals surface area contributed by atoms with Gasteiger partial charge in [0.2, 0.25) is 5.89 Å². The summed E-state index contributed by atoms with van der Waals surface area (Å²) < 4.78 is 6.29. The van der Waals surface area contributed by atoms with Crippen molar-refractivity contribution in [3.8, 4) is 0 Å². The molecule has 2 rings (SSSR count). The van der Waals surface area contributed by atoms with Gasteiger partial charge < -0.3 is 9.84 Å². The van der Waals surface area contributed by atoms with Crippen LogP contribution in [-0.2, 0) is 12.8 Å². The molecule has 5 heteroatoms. The average molecular weight is 310 g/mol. The SMILES string of the molecule is CNC(C)Cc1nc(Cc2ccc(Br)cc2)no1. The maximum Gasteiger partial charge on any atom is 0.228 e. The minimum Gasteiger partial charge on any atom is -0.339 e. The summed E-state index contributed by atoms with van der Waals surface area (Å²) >= 11 is 3.41. The lowest BCUT2D eigenvalue weighted by Gasteiger charge is -2.04. The van der Waals surface area contributed by atoms with E-state index in [1.54, 1.807) is 0 Å². The van der Waals surface area contributed by atoms with Crippen LogP contribution < -0.4 is 5.32 Å². The highest BCUT2D eigenvalue weighted by Gasteiger charge is 2.09. The summed E-state index contributed by atoms with van der Waals surface area (Å²) in [6.07, 6.45) is 1.45. The molecule has 2 aromatic rings. The molecule has 1 atom stereocenters. The van der Waals surface area contributed by atoms with Gasteiger partial charge in [-0.25, -0.2) is 0 Å². The molecule has 0 bridgehead atoms. The predicted molar refractivity (Wildman–Crippen MR) is 73.5 cm³/mol. The van der Waals surface area contributed by atoms with Gasteiger partial charge >= 0.3 is 0 Å². The number of nitrogens with zero attached hydrogens (tertiary/aromatic N) is 2. The third kappa shape index (κ3) is 3.65. The van der Waals surface area contributed by atoms with E-state index in [2.05, 4.69) is 50.4 Å². The van der Waals surface area contributed by atoms with Crippen LogP contribution in [0.2, 0.25) is 0 Å². The van der Waals surface area contributed by atoms with Crippen LogP contribution in [0.4, 0.5) is 0 Å². The zero-order valence-electron chi connectivity index (χ0n) is 10.5. The smallest absolute Gasteiger partial charge is 0.228 e. The van der Waals surface area contributed by atoms with Gasteiger partial charge in [-0.15, -0.1) is 0 Å². The van der Waals surface area contributed by atoms with E-state index in [-0.39, 0.29) is 0 Å². The molecule has 0 spiro atoms. The van der Waals surface area contributed by atoms with E-state index in [1.807, 2.05) is 19.2 Å². The molecule has 0 aliphatic carbocycles. The van der Waals surface area contributed by atoms with Crippen molar-refractivity contribution in [2.75, 3.05) is 7.05 Å². The van der Waals surface area contributed by atoms with Crippen LogP contribution in [0.3, 0.4) is 0 Å². The first-order valence-corrected chi connectivity index (χ1v) is 6.70. The standard InChI is InChI=1S/C13H16BrN3O/c1-9(15-2)7-13-16-12(17-18-13)8-10-3-5-11(14)6-4-10/h3-6,9,15H,7-8H2,1-2H3. The van der Waals surface area contributed by atoms with Crippen LogP contribution in [0, 0.1) is 0 Å². The first kappa shape index (κ1) is 13.2. The number of rotatable bonds is 5. The Labute approximate surface area is 115 Å². The molecule has 1 unspecified atom stereocenters. The van der Waals surface area contributed by atoms with E-state index in [9.17, 15) is 0 Å². The van der Waals surface area contributed by atoms with E-state index >= 15 is 0 Å². The lowest BCUT2D eigenvalue weighted by Crippen LogP contribution is -2.23. The maximum atomic E-state index is 5.22. The molecular formula is C13H16BrN3O. The molecule has 1 heterocycles. The summed E-state index contributed by atoms with van der Waals surface area (Å²) in [6, 6.07) is 8.47. The quantitative estimate of drug-likeness (QED) is 0.922. The van der Waals surface area contributed by atoms with Crippen molar-refractivity contribution in [2.45, 2.75) is 25.8 Å². The molecule has 1 N–H and O–H groups in total. The van der Waals surface area contributed by atoms with E-state index in [4.69, 9.17) is 4.52 Å². The second-order valence-corrected chi connectivity index (χ2v) is 5.22. The van der Waals surface area contributed by atoms with Crippen molar-refractivity contribution in [1.82, 2.24) is 15.5 Å². The number of benzene rings is 1. The number of hydrogen-bond acceptors (Lipinski definition) is 4. The van der Waals surface area contributed by atoms with E-state index in [1.165, 1.54) is 5.56 Å². The molecule has 18 heavy (non-hydrogen) atoms. The number of aromatic nitrogens is 2. The largest absolute Gasteiger partial charge is 0.339 e. The molecule has 96 valence electrons. The Balaban J connectivity index is 2.00. The lowest BCUT2D eigenvalue weighted by molar-refractivity contribution is 0.361. The van der Waals surface area contributed by atoms with Gasteiger partial charge in [-0.05, 0) is 31.7 Å². The first-order chi connectivity index (χ1) is 8.67. The van der Waals surface area contributed by atoms with Crippen molar-refractivity contribution in [1.29, 1.82) is 0 Å². The van der Waals surface area contributed by atoms with Crippen LogP contribution >= 0.6 is 15.9 Å². The summed E-state index contributed by atoms with van der Waals surface area (Å²) in [5.74, 6) is 1.42. The monoisotopic (exact) mass is 309 g/mol. The second kappa shape index (κ2) is 6.11. The van der Waals surface area contributed by atoms with Gasteiger partial charge in [0.25, 0.3) is 0 Å². The highest BCUT2D eigenvalue weighted by molar-refractivity contribution is 9.10. The molecule has 0 amide bonds. The maximum absolute atomic E-state index is 5.22. The second-order valence-electron chi connectivity index (χ2n) is 4.30. The Morgan fingerprint density at radius 2 is 2.06 bits per heavy atom. The zero-order chi connectivity index (χ0) is 13.0. The van der Waals surface area contributed by atoms with E-state index < -0.39 is 0 Å². The number of hydrogen-bond donors (Lipinski definition) is 1. The Morgan fingerprint density at radius 3 is 2.72 bits per heavy atom. The topological polar surface area (TPSA) is 51.0 Å². The fourth-order valence-electron chi connectivity index (χ4n) is 1.59. The number of halogens is 1. The van der Waals surface area contributed by atoms with Crippen LogP contribution in [0.15, 0.2) is 33.3 Å². The van der Waals surface area contributed by atoms with Gasteiger partial charge in [-0.1, -0.05) is 33.2 Å². The molecule has 0 fully saturated rings. The fourth-order valence-corrected chi connectivity index (χ4v) is 1.86. The van der Waals surface area contributed by atoms with Crippen molar-refractivity contribution < 1.29 is 4.52 Å². The van der Waals surface area contributed by atoms with Crippen molar-refractivity contribution in [2.24, 2.45) is 0 Å². The van der Waals surface area contributed by atoms with Gasteiger partial charge in [0.1, 0.15) is 0 Å². The van der Waals surface area contributed by atoms with Gasteiger partial charge in [0, 0.05) is 23.4 Å². The highest BCUT2D eigenvalue weighted by Crippen LogP contribution is 2.13. The Hall–Kier alpha value is -1.20. The van der Waals surface area contributed by atoms with Crippen LogP contribution in [-0.4, -0.2) is 23.2 Å². The Bertz CT molecular complexity index is 495. The molecule has 0 aliphatic rings. The average Bonchev–Trinajstić information content (AvgIpc) is 2.79. The van der Waals surface area contributed by atoms with Gasteiger partial charge in [0.05, 0.1) is 0 Å². The predicted octanol–water partition coefficient (Wildman–Crippen LogP) is 2.57. The summed E-state index contributed by atoms with van der Waals surface area (Å²) in [5, 5.41) is 7.14. The fraction of sp³-hybridized carbons (Fsp3) is 0.385. The van der Waals surface area contributed by atoms with Gasteiger partial charge in [-0.3, -0.25) is 0 Å². The van der Waals surface area contributed by atoms with E-state index in [0.29, 0.717) is 18.4 Å². The highest BCUT2D eigenvalue weighted by atomic mass is 79.9. The van der Waals surface area contributed by atoms with Crippen LogP contribution in [0.25, 0.3) is 0 Å². The Kier molecular flexibility index (Phi) is 4.49. The normalized spacial score (nSPS) is 12.6. The summed E-state index contributed by atoms with van der Waals surface area (Å²) in [4.78, 5) is 4.39. The molecule has 0 saturated carbocycles. The minimum atomic E-state index is 0.339. The van der Waals surface area contributed by atoms with Crippen LogP contribution in [0.5, 0.6) is 0 Å². The number of nitrogens with one attached hydrogen (secondary N) is 1. The molecule has 1 aromatic heterocycles. The summed E-state index contributed by atoms with van der Waals surface area (Å²) in [5.41, 5.74) is 1.17. The Morgan fingerprint density at radius 1 is 1.33 bits per heavy atom. The molecule has 0 radical (unpaired) electrons. The van der Waals surface area contributed by atoms with Crippen molar-refractivity contribution in [3.05, 3.63) is 46.0 Å². The molecule has 1 aromatic carbocycles. The van der Waals surface area contributed by atoms with Crippen molar-refractivity contribution >= 4 is 15.9 Å². The third-order valence-electron chi connectivity index (χ3n) is 2.76. The number of likely N-dealkylation sites (N-methyl/N-ethyl adjacent to an activating group) is 1. The summed E-state index contributed by atoms with van der Waals surface area (Å²) in [6.45, 7) is 2.08. The summed E-state index contributed by atoms with van der Waals surface area (Å²) in [7, 11) is 1.92. The molecule has 0 saturated heterocycles. The zero-order valence-corrected chi connectivity index (χ0v) is 12.1. The van der Waals surface area contributed by atoms with Crippen LogP contribution in [0.1, 0.15) is 24.2 Å². The minimum absolute atomic E-state index is 0.339. The molecule has 0 aliphatic heterocycles.